The normalized spacial score (nSPS) is 11.9. The Labute approximate surface area is 209 Å². The van der Waals surface area contributed by atoms with Crippen LogP contribution in [0.5, 0.6) is 0 Å². The van der Waals surface area contributed by atoms with Crippen molar-refractivity contribution in [2.75, 3.05) is 14.2 Å². The zero-order valence-electron chi connectivity index (χ0n) is 20.5. The minimum absolute atomic E-state index is 0.475. The van der Waals surface area contributed by atoms with Gasteiger partial charge in [0, 0.05) is 32.7 Å². The van der Waals surface area contributed by atoms with E-state index in [9.17, 15) is 0 Å². The number of hydrogen-bond donors (Lipinski definition) is 1. The fourth-order valence-corrected chi connectivity index (χ4v) is 4.39. The van der Waals surface area contributed by atoms with Gasteiger partial charge < -0.3 is 9.47 Å². The monoisotopic (exact) mass is 498 g/mol. The van der Waals surface area contributed by atoms with Gasteiger partial charge in [0.2, 0.25) is 17.4 Å². The molecule has 0 fully saturated rings. The molecular weight excluding hydrogens is 468 g/mol. The van der Waals surface area contributed by atoms with Crippen molar-refractivity contribution in [2.24, 2.45) is 0 Å². The third kappa shape index (κ3) is 5.14. The first-order valence-corrected chi connectivity index (χ1v) is 12.2. The Kier molecular flexibility index (Phi) is 7.94. The SMILES string of the molecule is CCCCc1nc(C(CCC)(OC)OC)nn1Cc1ccc(-n2c(Cl)ccc2-c2nn[nH]n2)cc1. The number of hydrogen-bond acceptors (Lipinski definition) is 7. The number of ether oxygens (including phenoxy) is 2. The molecule has 0 atom stereocenters. The average Bonchev–Trinajstić information content (AvgIpc) is 3.62. The van der Waals surface area contributed by atoms with Crippen LogP contribution in [0.15, 0.2) is 36.4 Å². The Hall–Kier alpha value is -3.08. The van der Waals surface area contributed by atoms with E-state index in [2.05, 4.69) is 46.6 Å². The summed E-state index contributed by atoms with van der Waals surface area (Å²) in [7, 11) is 3.28. The van der Waals surface area contributed by atoms with Crippen molar-refractivity contribution in [2.45, 2.75) is 58.3 Å². The van der Waals surface area contributed by atoms with Gasteiger partial charge in [-0.2, -0.15) is 5.21 Å². The lowest BCUT2D eigenvalue weighted by molar-refractivity contribution is -0.225. The van der Waals surface area contributed by atoms with Crippen LogP contribution in [0.2, 0.25) is 5.15 Å². The Morgan fingerprint density at radius 3 is 2.43 bits per heavy atom. The van der Waals surface area contributed by atoms with Crippen molar-refractivity contribution in [3.63, 3.8) is 0 Å². The van der Waals surface area contributed by atoms with Crippen molar-refractivity contribution in [1.29, 1.82) is 0 Å². The molecule has 0 saturated carbocycles. The van der Waals surface area contributed by atoms with Crippen molar-refractivity contribution < 1.29 is 9.47 Å². The predicted octanol–water partition coefficient (Wildman–Crippen LogP) is 4.54. The highest BCUT2D eigenvalue weighted by molar-refractivity contribution is 6.30. The third-order valence-corrected chi connectivity index (χ3v) is 6.31. The molecule has 35 heavy (non-hydrogen) atoms. The standard InChI is InChI=1S/C24H31ClN8O2/c1-5-7-8-21-26-23(24(34-3,35-4)15-6-2)29-32(21)16-17-9-11-18(12-10-17)33-19(13-14-20(33)25)22-27-30-31-28-22/h9-14H,5-8,15-16H2,1-4H3,(H,27,28,30,31). The van der Waals surface area contributed by atoms with Crippen LogP contribution in [0.3, 0.4) is 0 Å². The van der Waals surface area contributed by atoms with Crippen LogP contribution in [0.4, 0.5) is 0 Å². The summed E-state index contributed by atoms with van der Waals surface area (Å²) in [5.74, 6) is 1.02. The topological polar surface area (TPSA) is 109 Å². The average molecular weight is 499 g/mol. The summed E-state index contributed by atoms with van der Waals surface area (Å²) in [6, 6.07) is 11.8. The molecule has 1 N–H and O–H groups in total. The molecule has 0 unspecified atom stereocenters. The van der Waals surface area contributed by atoms with E-state index in [1.807, 2.05) is 33.5 Å². The zero-order valence-corrected chi connectivity index (χ0v) is 21.3. The third-order valence-electron chi connectivity index (χ3n) is 6.02. The second kappa shape index (κ2) is 11.1. The first-order valence-electron chi connectivity index (χ1n) is 11.8. The van der Waals surface area contributed by atoms with E-state index in [0.717, 1.165) is 48.5 Å². The molecular formula is C24H31ClN8O2. The van der Waals surface area contributed by atoms with Gasteiger partial charge in [0.15, 0.2) is 0 Å². The number of aromatic nitrogens is 8. The van der Waals surface area contributed by atoms with E-state index in [1.165, 1.54) is 0 Å². The summed E-state index contributed by atoms with van der Waals surface area (Å²) < 4.78 is 15.3. The van der Waals surface area contributed by atoms with E-state index >= 15 is 0 Å². The van der Waals surface area contributed by atoms with E-state index < -0.39 is 5.79 Å². The quantitative estimate of drug-likeness (QED) is 0.285. The summed E-state index contributed by atoms with van der Waals surface area (Å²) in [5, 5.41) is 19.7. The number of tetrazole rings is 1. The highest BCUT2D eigenvalue weighted by Crippen LogP contribution is 2.30. The highest BCUT2D eigenvalue weighted by Gasteiger charge is 2.36. The second-order valence-corrected chi connectivity index (χ2v) is 8.69. The van der Waals surface area contributed by atoms with Crippen LogP contribution < -0.4 is 0 Å². The number of benzene rings is 1. The van der Waals surface area contributed by atoms with Crippen molar-refractivity contribution in [3.05, 3.63) is 58.8 Å². The Morgan fingerprint density at radius 1 is 1.03 bits per heavy atom. The highest BCUT2D eigenvalue weighted by atomic mass is 35.5. The summed E-state index contributed by atoms with van der Waals surface area (Å²) in [4.78, 5) is 4.84. The predicted molar refractivity (Wildman–Crippen MR) is 132 cm³/mol. The lowest BCUT2D eigenvalue weighted by Gasteiger charge is -2.27. The Balaban J connectivity index is 1.62. The number of nitrogens with one attached hydrogen (secondary N) is 1. The largest absolute Gasteiger partial charge is 0.347 e. The molecule has 0 aliphatic rings. The summed E-state index contributed by atoms with van der Waals surface area (Å²) in [5.41, 5.74) is 2.74. The van der Waals surface area contributed by atoms with Gasteiger partial charge in [-0.05, 0) is 41.5 Å². The van der Waals surface area contributed by atoms with Crippen molar-refractivity contribution >= 4 is 11.6 Å². The first kappa shape index (κ1) is 25.0. The number of H-pyrrole nitrogens is 1. The molecule has 11 heteroatoms. The maximum atomic E-state index is 6.46. The fourth-order valence-electron chi connectivity index (χ4n) is 4.14. The Bertz CT molecular complexity index is 1210. The van der Waals surface area contributed by atoms with Crippen LogP contribution in [0.25, 0.3) is 17.2 Å². The number of rotatable bonds is 12. The van der Waals surface area contributed by atoms with Crippen molar-refractivity contribution in [3.8, 4) is 17.2 Å². The van der Waals surface area contributed by atoms with Gasteiger partial charge in [-0.25, -0.2) is 9.67 Å². The van der Waals surface area contributed by atoms with Gasteiger partial charge >= 0.3 is 0 Å². The maximum Gasteiger partial charge on any atom is 0.231 e. The molecule has 186 valence electrons. The van der Waals surface area contributed by atoms with Crippen LogP contribution in [-0.4, -0.2) is 54.2 Å². The van der Waals surface area contributed by atoms with Gasteiger partial charge in [-0.15, -0.1) is 15.3 Å². The van der Waals surface area contributed by atoms with Gasteiger partial charge in [-0.1, -0.05) is 50.4 Å². The molecule has 1 aromatic carbocycles. The number of nitrogens with zero attached hydrogens (tertiary/aromatic N) is 7. The fraction of sp³-hybridized carbons (Fsp3) is 0.458. The minimum Gasteiger partial charge on any atom is -0.347 e. The number of unbranched alkanes of at least 4 members (excludes halogenated alkanes) is 1. The molecule has 4 aromatic rings. The summed E-state index contributed by atoms with van der Waals surface area (Å²) in [6.07, 6.45) is 4.50. The molecule has 0 spiro atoms. The number of aryl methyl sites for hydroxylation is 1. The van der Waals surface area contributed by atoms with Gasteiger partial charge in [0.1, 0.15) is 11.0 Å². The number of methoxy groups -OCH3 is 2. The lowest BCUT2D eigenvalue weighted by atomic mass is 10.1. The second-order valence-electron chi connectivity index (χ2n) is 8.30. The molecule has 3 aromatic heterocycles. The molecule has 0 saturated heterocycles. The molecule has 0 amide bonds. The van der Waals surface area contributed by atoms with Crippen LogP contribution in [-0.2, 0) is 28.2 Å². The smallest absolute Gasteiger partial charge is 0.231 e. The lowest BCUT2D eigenvalue weighted by Crippen LogP contribution is -2.32. The minimum atomic E-state index is -0.943. The molecule has 0 aliphatic carbocycles. The summed E-state index contributed by atoms with van der Waals surface area (Å²) >= 11 is 6.46. The van der Waals surface area contributed by atoms with Crippen molar-refractivity contribution in [1.82, 2.24) is 40.0 Å². The van der Waals surface area contributed by atoms with Gasteiger partial charge in [0.05, 0.1) is 12.2 Å². The maximum absolute atomic E-state index is 6.46. The molecule has 4 rings (SSSR count). The van der Waals surface area contributed by atoms with E-state index in [1.54, 1.807) is 14.2 Å². The Morgan fingerprint density at radius 2 is 1.80 bits per heavy atom. The van der Waals surface area contributed by atoms with Gasteiger partial charge in [0.25, 0.3) is 0 Å². The zero-order chi connectivity index (χ0) is 24.8. The molecule has 0 bridgehead atoms. The van der Waals surface area contributed by atoms with E-state index in [0.29, 0.717) is 29.8 Å². The van der Waals surface area contributed by atoms with Crippen LogP contribution in [0.1, 0.15) is 56.7 Å². The molecule has 3 heterocycles. The van der Waals surface area contributed by atoms with Crippen LogP contribution in [0, 0.1) is 0 Å². The molecule has 10 nitrogen and oxygen atoms in total. The van der Waals surface area contributed by atoms with E-state index in [-0.39, 0.29) is 0 Å². The van der Waals surface area contributed by atoms with Crippen LogP contribution >= 0.6 is 11.6 Å². The van der Waals surface area contributed by atoms with E-state index in [4.69, 9.17) is 31.2 Å². The molecule has 0 radical (unpaired) electrons. The molecule has 0 aliphatic heterocycles. The van der Waals surface area contributed by atoms with Gasteiger partial charge in [-0.3, -0.25) is 4.57 Å². The first-order chi connectivity index (χ1) is 17.0. The number of halogens is 1. The summed E-state index contributed by atoms with van der Waals surface area (Å²) in [6.45, 7) is 4.84. The number of aromatic amines is 1.